The van der Waals surface area contributed by atoms with Gasteiger partial charge in [0.25, 0.3) is 0 Å². The zero-order valence-corrected chi connectivity index (χ0v) is 9.32. The van der Waals surface area contributed by atoms with Crippen LogP contribution in [0.25, 0.3) is 0 Å². The Hall–Kier alpha value is -0.180. The van der Waals surface area contributed by atoms with Crippen LogP contribution in [-0.2, 0) is 4.74 Å². The van der Waals surface area contributed by atoms with Crippen LogP contribution in [0.15, 0.2) is 0 Å². The Balaban J connectivity index is 2.99. The van der Waals surface area contributed by atoms with Crippen molar-refractivity contribution in [2.75, 3.05) is 13.2 Å². The summed E-state index contributed by atoms with van der Waals surface area (Å²) < 4.78 is 30.1. The van der Waals surface area contributed by atoms with Crippen molar-refractivity contribution in [2.24, 2.45) is 0 Å². The molecule has 0 atom stereocenters. The predicted molar refractivity (Wildman–Crippen MR) is 54.8 cm³/mol. The van der Waals surface area contributed by atoms with Gasteiger partial charge in [0.05, 0.1) is 0 Å². The van der Waals surface area contributed by atoms with Crippen molar-refractivity contribution < 1.29 is 13.5 Å². The van der Waals surface area contributed by atoms with Gasteiger partial charge in [-0.05, 0) is 26.2 Å². The first-order valence-electron chi connectivity index (χ1n) is 5.52. The summed E-state index contributed by atoms with van der Waals surface area (Å²) in [6, 6.07) is 0. The Morgan fingerprint density at radius 1 is 1.00 bits per heavy atom. The summed E-state index contributed by atoms with van der Waals surface area (Å²) in [5.74, 6) is -2.50. The second-order valence-corrected chi connectivity index (χ2v) is 3.85. The van der Waals surface area contributed by atoms with Crippen LogP contribution in [0, 0.1) is 0 Å². The van der Waals surface area contributed by atoms with Crippen molar-refractivity contribution in [2.45, 2.75) is 58.3 Å². The van der Waals surface area contributed by atoms with Crippen LogP contribution >= 0.6 is 0 Å². The molecule has 0 aliphatic rings. The molecular formula is C11H22F2O. The monoisotopic (exact) mass is 208 g/mol. The molecule has 0 fully saturated rings. The highest BCUT2D eigenvalue weighted by Gasteiger charge is 2.19. The molecule has 0 amide bonds. The summed E-state index contributed by atoms with van der Waals surface area (Å²) in [6.07, 6.45) is 4.58. The summed E-state index contributed by atoms with van der Waals surface area (Å²) in [4.78, 5) is 0. The minimum absolute atomic E-state index is 0.00194. The number of ether oxygens (including phenoxy) is 1. The molecule has 0 saturated heterocycles. The number of hydrogen-bond donors (Lipinski definition) is 0. The summed E-state index contributed by atoms with van der Waals surface area (Å²) >= 11 is 0. The minimum Gasteiger partial charge on any atom is -0.381 e. The number of halogens is 2. The molecule has 0 radical (unpaired) electrons. The molecule has 0 aliphatic heterocycles. The number of rotatable bonds is 9. The molecule has 86 valence electrons. The van der Waals surface area contributed by atoms with E-state index in [0.717, 1.165) is 45.8 Å². The lowest BCUT2D eigenvalue weighted by atomic mass is 10.1. The van der Waals surface area contributed by atoms with Gasteiger partial charge in [-0.2, -0.15) is 0 Å². The largest absolute Gasteiger partial charge is 0.381 e. The molecule has 14 heavy (non-hydrogen) atoms. The molecule has 0 N–H and O–H groups in total. The normalized spacial score (nSPS) is 12.0. The fourth-order valence-corrected chi connectivity index (χ4v) is 1.16. The molecule has 0 saturated carbocycles. The Kier molecular flexibility index (Phi) is 8.05. The van der Waals surface area contributed by atoms with Gasteiger partial charge in [-0.15, -0.1) is 0 Å². The average Bonchev–Trinajstić information content (AvgIpc) is 2.08. The topological polar surface area (TPSA) is 9.23 Å². The molecule has 1 nitrogen and oxygen atoms in total. The maximum absolute atomic E-state index is 12.4. The third-order valence-electron chi connectivity index (χ3n) is 2.05. The molecule has 3 heteroatoms. The Morgan fingerprint density at radius 3 is 2.21 bits per heavy atom. The predicted octanol–water partition coefficient (Wildman–Crippen LogP) is 4.02. The summed E-state index contributed by atoms with van der Waals surface area (Å²) in [7, 11) is 0. The lowest BCUT2D eigenvalue weighted by Crippen LogP contribution is -2.08. The summed E-state index contributed by atoms with van der Waals surface area (Å²) in [5.41, 5.74) is 0. The van der Waals surface area contributed by atoms with E-state index in [2.05, 4.69) is 6.92 Å². The van der Waals surface area contributed by atoms with Crippen molar-refractivity contribution in [3.05, 3.63) is 0 Å². The first kappa shape index (κ1) is 13.8. The van der Waals surface area contributed by atoms with Crippen molar-refractivity contribution in [3.63, 3.8) is 0 Å². The number of unbranched alkanes of at least 4 members (excludes halogenated alkanes) is 3. The fraction of sp³-hybridized carbons (Fsp3) is 1.00. The fourth-order valence-electron chi connectivity index (χ4n) is 1.16. The van der Waals surface area contributed by atoms with E-state index in [1.165, 1.54) is 0 Å². The number of hydrogen-bond acceptors (Lipinski definition) is 1. The van der Waals surface area contributed by atoms with Crippen molar-refractivity contribution >= 4 is 0 Å². The van der Waals surface area contributed by atoms with Gasteiger partial charge in [-0.1, -0.05) is 19.8 Å². The number of alkyl halides is 2. The van der Waals surface area contributed by atoms with E-state index >= 15 is 0 Å². The summed E-state index contributed by atoms with van der Waals surface area (Å²) in [5, 5.41) is 0. The second kappa shape index (κ2) is 8.16. The molecule has 0 rings (SSSR count). The first-order valence-corrected chi connectivity index (χ1v) is 5.52. The van der Waals surface area contributed by atoms with Crippen LogP contribution in [0.1, 0.15) is 52.4 Å². The third kappa shape index (κ3) is 11.8. The first-order chi connectivity index (χ1) is 6.56. The minimum atomic E-state index is -2.50. The maximum Gasteiger partial charge on any atom is 0.245 e. The van der Waals surface area contributed by atoms with Gasteiger partial charge in [0, 0.05) is 19.6 Å². The van der Waals surface area contributed by atoms with Gasteiger partial charge < -0.3 is 4.74 Å². The van der Waals surface area contributed by atoms with E-state index in [4.69, 9.17) is 4.74 Å². The Morgan fingerprint density at radius 2 is 1.64 bits per heavy atom. The zero-order valence-electron chi connectivity index (χ0n) is 9.32. The van der Waals surface area contributed by atoms with E-state index in [1.54, 1.807) is 0 Å². The molecule has 0 spiro atoms. The van der Waals surface area contributed by atoms with Gasteiger partial charge in [0.15, 0.2) is 0 Å². The van der Waals surface area contributed by atoms with Crippen LogP contribution in [-0.4, -0.2) is 19.1 Å². The van der Waals surface area contributed by atoms with Crippen LogP contribution in [0.4, 0.5) is 8.78 Å². The molecule has 0 aromatic heterocycles. The van der Waals surface area contributed by atoms with E-state index in [9.17, 15) is 8.78 Å². The van der Waals surface area contributed by atoms with Crippen LogP contribution < -0.4 is 0 Å². The standard InChI is InChI=1S/C11H22F2O/c1-3-4-9-14-10-7-5-6-8-11(2,12)13/h3-10H2,1-2H3. The SMILES string of the molecule is CCCCOCCCCCC(C)(F)F. The highest BCUT2D eigenvalue weighted by atomic mass is 19.3. The van der Waals surface area contributed by atoms with Gasteiger partial charge in [-0.3, -0.25) is 0 Å². The molecular weight excluding hydrogens is 186 g/mol. The van der Waals surface area contributed by atoms with Crippen LogP contribution in [0.5, 0.6) is 0 Å². The Bertz CT molecular complexity index is 121. The zero-order chi connectivity index (χ0) is 10.9. The average molecular weight is 208 g/mol. The second-order valence-electron chi connectivity index (χ2n) is 3.85. The van der Waals surface area contributed by atoms with Crippen LogP contribution in [0.2, 0.25) is 0 Å². The Labute approximate surface area is 85.8 Å². The quantitative estimate of drug-likeness (QED) is 0.520. The van der Waals surface area contributed by atoms with E-state index in [0.29, 0.717) is 6.42 Å². The molecule has 0 aromatic rings. The lowest BCUT2D eigenvalue weighted by molar-refractivity contribution is 0.00969. The molecule has 0 heterocycles. The van der Waals surface area contributed by atoms with Crippen LogP contribution in [0.3, 0.4) is 0 Å². The third-order valence-corrected chi connectivity index (χ3v) is 2.05. The summed E-state index contributed by atoms with van der Waals surface area (Å²) in [6.45, 7) is 4.62. The molecule has 0 aliphatic carbocycles. The molecule has 0 bridgehead atoms. The van der Waals surface area contributed by atoms with Crippen molar-refractivity contribution in [1.82, 2.24) is 0 Å². The highest BCUT2D eigenvalue weighted by Crippen LogP contribution is 2.20. The van der Waals surface area contributed by atoms with Gasteiger partial charge in [0.1, 0.15) is 0 Å². The smallest absolute Gasteiger partial charge is 0.245 e. The van der Waals surface area contributed by atoms with Gasteiger partial charge >= 0.3 is 0 Å². The van der Waals surface area contributed by atoms with Crippen molar-refractivity contribution in [3.8, 4) is 0 Å². The van der Waals surface area contributed by atoms with E-state index in [1.807, 2.05) is 0 Å². The molecule has 0 aromatic carbocycles. The highest BCUT2D eigenvalue weighted by molar-refractivity contribution is 4.57. The van der Waals surface area contributed by atoms with Gasteiger partial charge in [0.2, 0.25) is 5.92 Å². The maximum atomic E-state index is 12.4. The molecule has 0 unspecified atom stereocenters. The van der Waals surface area contributed by atoms with E-state index < -0.39 is 5.92 Å². The van der Waals surface area contributed by atoms with E-state index in [-0.39, 0.29) is 6.42 Å². The lowest BCUT2D eigenvalue weighted by Gasteiger charge is -2.09. The van der Waals surface area contributed by atoms with Crippen molar-refractivity contribution in [1.29, 1.82) is 0 Å². The van der Waals surface area contributed by atoms with Gasteiger partial charge in [-0.25, -0.2) is 8.78 Å².